The quantitative estimate of drug-likeness (QED) is 0.841. The van der Waals surface area contributed by atoms with Gasteiger partial charge in [0, 0.05) is 12.2 Å². The van der Waals surface area contributed by atoms with Crippen LogP contribution >= 0.6 is 0 Å². The highest BCUT2D eigenvalue weighted by atomic mass is 32.2. The number of aryl methyl sites for hydroxylation is 1. The Morgan fingerprint density at radius 3 is 2.36 bits per heavy atom. The molecule has 0 saturated carbocycles. The lowest BCUT2D eigenvalue weighted by Gasteiger charge is -2.26. The number of nitrogens with one attached hydrogen (secondary N) is 1. The zero-order chi connectivity index (χ0) is 20.5. The lowest BCUT2D eigenvalue weighted by atomic mass is 9.86. The van der Waals surface area contributed by atoms with E-state index in [4.69, 9.17) is 0 Å². The summed E-state index contributed by atoms with van der Waals surface area (Å²) < 4.78 is 27.5. The van der Waals surface area contributed by atoms with Gasteiger partial charge in [-0.1, -0.05) is 56.7 Å². The van der Waals surface area contributed by atoms with Crippen LogP contribution in [0.3, 0.4) is 0 Å². The Kier molecular flexibility index (Phi) is 5.64. The van der Waals surface area contributed by atoms with Crippen LogP contribution in [0.2, 0.25) is 0 Å². The van der Waals surface area contributed by atoms with Crippen LogP contribution < -0.4 is 5.32 Å². The summed E-state index contributed by atoms with van der Waals surface area (Å²) in [5, 5.41) is 2.98. The molecule has 150 valence electrons. The zero-order valence-electron chi connectivity index (χ0n) is 16.9. The largest absolute Gasteiger partial charge is 0.324 e. The number of sulfonamides is 1. The first-order valence-electron chi connectivity index (χ1n) is 9.59. The summed E-state index contributed by atoms with van der Waals surface area (Å²) in [6, 6.07) is 13.7. The summed E-state index contributed by atoms with van der Waals surface area (Å²) in [6.07, 6.45) is 1.19. The van der Waals surface area contributed by atoms with Crippen LogP contribution in [0.4, 0.5) is 5.69 Å². The highest BCUT2D eigenvalue weighted by molar-refractivity contribution is 7.89. The van der Waals surface area contributed by atoms with E-state index in [0.29, 0.717) is 19.4 Å². The van der Waals surface area contributed by atoms with E-state index >= 15 is 0 Å². The van der Waals surface area contributed by atoms with Crippen molar-refractivity contribution in [2.45, 2.75) is 56.9 Å². The van der Waals surface area contributed by atoms with Crippen LogP contribution in [0, 0.1) is 6.92 Å². The number of para-hydroxylation sites is 1. The molecule has 0 aromatic heterocycles. The van der Waals surface area contributed by atoms with E-state index in [-0.39, 0.29) is 16.2 Å². The van der Waals surface area contributed by atoms with Gasteiger partial charge in [-0.25, -0.2) is 8.42 Å². The predicted octanol–water partition coefficient (Wildman–Crippen LogP) is 4.08. The SMILES string of the molecule is Cc1ccc(S(=O)(=O)N2CCCC2C(=O)Nc2ccccc2C(C)(C)C)cc1. The van der Waals surface area contributed by atoms with Crippen LogP contribution in [-0.2, 0) is 20.2 Å². The second-order valence-corrected chi connectivity index (χ2v) is 10.3. The van der Waals surface area contributed by atoms with Crippen molar-refractivity contribution in [3.8, 4) is 0 Å². The minimum Gasteiger partial charge on any atom is -0.324 e. The number of hydrogen-bond donors (Lipinski definition) is 1. The fraction of sp³-hybridized carbons (Fsp3) is 0.409. The van der Waals surface area contributed by atoms with E-state index in [0.717, 1.165) is 16.8 Å². The monoisotopic (exact) mass is 400 g/mol. The highest BCUT2D eigenvalue weighted by Gasteiger charge is 2.39. The van der Waals surface area contributed by atoms with Crippen LogP contribution in [0.25, 0.3) is 0 Å². The molecule has 5 nitrogen and oxygen atoms in total. The number of rotatable bonds is 4. The Labute approximate surface area is 167 Å². The van der Waals surface area contributed by atoms with Gasteiger partial charge in [-0.2, -0.15) is 4.31 Å². The molecular weight excluding hydrogens is 372 g/mol. The van der Waals surface area contributed by atoms with Gasteiger partial charge in [0.15, 0.2) is 0 Å². The van der Waals surface area contributed by atoms with E-state index in [1.54, 1.807) is 24.3 Å². The maximum Gasteiger partial charge on any atom is 0.243 e. The Morgan fingerprint density at radius 2 is 1.71 bits per heavy atom. The Morgan fingerprint density at radius 1 is 1.07 bits per heavy atom. The average molecular weight is 401 g/mol. The van der Waals surface area contributed by atoms with Gasteiger partial charge in [-0.3, -0.25) is 4.79 Å². The lowest BCUT2D eigenvalue weighted by Crippen LogP contribution is -2.43. The second-order valence-electron chi connectivity index (χ2n) is 8.37. The van der Waals surface area contributed by atoms with Gasteiger partial charge < -0.3 is 5.32 Å². The van der Waals surface area contributed by atoms with Crippen molar-refractivity contribution in [1.82, 2.24) is 4.31 Å². The van der Waals surface area contributed by atoms with E-state index < -0.39 is 16.1 Å². The highest BCUT2D eigenvalue weighted by Crippen LogP contribution is 2.31. The molecule has 1 unspecified atom stereocenters. The fourth-order valence-electron chi connectivity index (χ4n) is 3.60. The van der Waals surface area contributed by atoms with Crippen molar-refractivity contribution in [2.24, 2.45) is 0 Å². The standard InChI is InChI=1S/C22H28N2O3S/c1-16-11-13-17(14-12-16)28(26,27)24-15-7-10-20(24)21(25)23-19-9-6-5-8-18(19)22(2,3)4/h5-6,8-9,11-14,20H,7,10,15H2,1-4H3,(H,23,25). The minimum absolute atomic E-state index is 0.132. The number of anilines is 1. The molecular formula is C22H28N2O3S. The molecule has 28 heavy (non-hydrogen) atoms. The number of nitrogens with zero attached hydrogens (tertiary/aromatic N) is 1. The first-order chi connectivity index (χ1) is 13.1. The van der Waals surface area contributed by atoms with Crippen molar-refractivity contribution < 1.29 is 13.2 Å². The van der Waals surface area contributed by atoms with Crippen LogP contribution in [0.5, 0.6) is 0 Å². The normalized spacial score (nSPS) is 18.2. The average Bonchev–Trinajstić information content (AvgIpc) is 3.12. The first-order valence-corrected chi connectivity index (χ1v) is 11.0. The lowest BCUT2D eigenvalue weighted by molar-refractivity contribution is -0.119. The third-order valence-corrected chi connectivity index (χ3v) is 7.05. The number of amides is 1. The van der Waals surface area contributed by atoms with Crippen molar-refractivity contribution in [3.63, 3.8) is 0 Å². The summed E-state index contributed by atoms with van der Waals surface area (Å²) in [4.78, 5) is 13.2. The molecule has 0 radical (unpaired) electrons. The van der Waals surface area contributed by atoms with Crippen LogP contribution in [0.15, 0.2) is 53.4 Å². The van der Waals surface area contributed by atoms with Crippen molar-refractivity contribution in [2.75, 3.05) is 11.9 Å². The molecule has 0 bridgehead atoms. The molecule has 1 aliphatic rings. The number of carbonyl (C=O) groups is 1. The molecule has 6 heteroatoms. The smallest absolute Gasteiger partial charge is 0.243 e. The minimum atomic E-state index is -3.71. The number of hydrogen-bond acceptors (Lipinski definition) is 3. The second kappa shape index (κ2) is 7.68. The molecule has 3 rings (SSSR count). The van der Waals surface area contributed by atoms with Gasteiger partial charge in [0.25, 0.3) is 0 Å². The molecule has 2 aromatic carbocycles. The van der Waals surface area contributed by atoms with Gasteiger partial charge >= 0.3 is 0 Å². The van der Waals surface area contributed by atoms with Gasteiger partial charge in [0.05, 0.1) is 4.90 Å². The third kappa shape index (κ3) is 4.13. The molecule has 0 aliphatic carbocycles. The first kappa shape index (κ1) is 20.6. The molecule has 1 aliphatic heterocycles. The fourth-order valence-corrected chi connectivity index (χ4v) is 5.25. The summed E-state index contributed by atoms with van der Waals surface area (Å²) in [5.74, 6) is -0.273. The van der Waals surface area contributed by atoms with Crippen molar-refractivity contribution in [1.29, 1.82) is 0 Å². The van der Waals surface area contributed by atoms with Crippen molar-refractivity contribution >= 4 is 21.6 Å². The summed E-state index contributed by atoms with van der Waals surface area (Å²) in [7, 11) is -3.71. The molecule has 1 saturated heterocycles. The maximum atomic E-state index is 13.1. The Bertz CT molecular complexity index is 960. The molecule has 1 heterocycles. The molecule has 1 fully saturated rings. The van der Waals surface area contributed by atoms with Crippen LogP contribution in [-0.4, -0.2) is 31.2 Å². The Balaban J connectivity index is 1.86. The number of benzene rings is 2. The predicted molar refractivity (Wildman–Crippen MR) is 112 cm³/mol. The van der Waals surface area contributed by atoms with E-state index in [1.165, 1.54) is 4.31 Å². The summed E-state index contributed by atoms with van der Waals surface area (Å²) in [5.41, 5.74) is 2.62. The molecule has 0 spiro atoms. The van der Waals surface area contributed by atoms with Crippen molar-refractivity contribution in [3.05, 3.63) is 59.7 Å². The third-order valence-electron chi connectivity index (χ3n) is 5.13. The molecule has 1 atom stereocenters. The van der Waals surface area contributed by atoms with E-state index in [2.05, 4.69) is 26.1 Å². The molecule has 1 amide bonds. The van der Waals surface area contributed by atoms with Gasteiger partial charge in [-0.05, 0) is 48.9 Å². The topological polar surface area (TPSA) is 66.5 Å². The summed E-state index contributed by atoms with van der Waals surface area (Å²) >= 11 is 0. The van der Waals surface area contributed by atoms with E-state index in [9.17, 15) is 13.2 Å². The zero-order valence-corrected chi connectivity index (χ0v) is 17.7. The van der Waals surface area contributed by atoms with Gasteiger partial charge in [0.1, 0.15) is 6.04 Å². The number of carbonyl (C=O) groups excluding carboxylic acids is 1. The maximum absolute atomic E-state index is 13.1. The van der Waals surface area contributed by atoms with E-state index in [1.807, 2.05) is 31.2 Å². The van der Waals surface area contributed by atoms with Crippen LogP contribution in [0.1, 0.15) is 44.7 Å². The van der Waals surface area contributed by atoms with Gasteiger partial charge in [0.2, 0.25) is 15.9 Å². The molecule has 2 aromatic rings. The molecule has 1 N–H and O–H groups in total. The van der Waals surface area contributed by atoms with Gasteiger partial charge in [-0.15, -0.1) is 0 Å². The Hall–Kier alpha value is -2.18. The summed E-state index contributed by atoms with van der Waals surface area (Å²) in [6.45, 7) is 8.52.